The second-order valence-corrected chi connectivity index (χ2v) is 7.00. The Bertz CT molecular complexity index is 699. The van der Waals surface area contributed by atoms with E-state index in [1.54, 1.807) is 6.20 Å². The third-order valence-electron chi connectivity index (χ3n) is 5.11. The molecule has 1 unspecified atom stereocenters. The lowest BCUT2D eigenvalue weighted by atomic mass is 9.74. The second-order valence-electron chi connectivity index (χ2n) is 7.00. The van der Waals surface area contributed by atoms with Crippen LogP contribution in [0.15, 0.2) is 36.5 Å². The first-order chi connectivity index (χ1) is 12.1. The fourth-order valence-corrected chi connectivity index (χ4v) is 3.82. The number of nitrogens with one attached hydrogen (secondary N) is 1. The van der Waals surface area contributed by atoms with Crippen LogP contribution < -0.4 is 0 Å². The number of benzene rings is 1. The molecule has 0 saturated carbocycles. The Kier molecular flexibility index (Phi) is 5.53. The van der Waals surface area contributed by atoms with Gasteiger partial charge >= 0.3 is 5.97 Å². The third-order valence-corrected chi connectivity index (χ3v) is 5.11. The molecule has 2 heterocycles. The molecule has 2 aromatic rings. The zero-order valence-corrected chi connectivity index (χ0v) is 15.1. The van der Waals surface area contributed by atoms with Gasteiger partial charge in [-0.25, -0.2) is 0 Å². The summed E-state index contributed by atoms with van der Waals surface area (Å²) in [6, 6.07) is 10.3. The SMILES string of the molecule is CCOC(=O)C1(Cc2ccccc2C)CCCN(Cc2ccn[nH]2)C1. The average Bonchev–Trinajstić information content (AvgIpc) is 3.10. The first kappa shape index (κ1) is 17.7. The molecule has 5 heteroatoms. The van der Waals surface area contributed by atoms with E-state index in [9.17, 15) is 4.79 Å². The van der Waals surface area contributed by atoms with Crippen LogP contribution in [0.4, 0.5) is 0 Å². The quantitative estimate of drug-likeness (QED) is 0.820. The molecular formula is C20H27N3O2. The smallest absolute Gasteiger partial charge is 0.313 e. The number of H-pyrrole nitrogens is 1. The maximum Gasteiger partial charge on any atom is 0.313 e. The largest absolute Gasteiger partial charge is 0.466 e. The lowest BCUT2D eigenvalue weighted by Gasteiger charge is -2.41. The minimum Gasteiger partial charge on any atom is -0.466 e. The molecule has 1 aliphatic rings. The van der Waals surface area contributed by atoms with Crippen LogP contribution in [-0.2, 0) is 22.5 Å². The van der Waals surface area contributed by atoms with Crippen molar-refractivity contribution < 1.29 is 9.53 Å². The van der Waals surface area contributed by atoms with Crippen molar-refractivity contribution >= 4 is 5.97 Å². The van der Waals surface area contributed by atoms with Crippen LogP contribution >= 0.6 is 0 Å². The lowest BCUT2D eigenvalue weighted by Crippen LogP contribution is -2.49. The Morgan fingerprint density at radius 3 is 2.92 bits per heavy atom. The number of likely N-dealkylation sites (tertiary alicyclic amines) is 1. The summed E-state index contributed by atoms with van der Waals surface area (Å²) in [6.07, 6.45) is 4.38. The molecule has 1 fully saturated rings. The first-order valence-electron chi connectivity index (χ1n) is 9.05. The van der Waals surface area contributed by atoms with Crippen LogP contribution in [0.1, 0.15) is 36.6 Å². The van der Waals surface area contributed by atoms with Gasteiger partial charge in [0.1, 0.15) is 0 Å². The van der Waals surface area contributed by atoms with Gasteiger partial charge in [-0.15, -0.1) is 0 Å². The van der Waals surface area contributed by atoms with Gasteiger partial charge in [0.15, 0.2) is 0 Å². The molecule has 25 heavy (non-hydrogen) atoms. The van der Waals surface area contributed by atoms with Crippen molar-refractivity contribution in [2.45, 2.75) is 39.7 Å². The molecule has 0 radical (unpaired) electrons. The molecular weight excluding hydrogens is 314 g/mol. The summed E-state index contributed by atoms with van der Waals surface area (Å²) in [5.41, 5.74) is 3.08. The maximum atomic E-state index is 12.9. The first-order valence-corrected chi connectivity index (χ1v) is 9.05. The van der Waals surface area contributed by atoms with Gasteiger partial charge in [0.25, 0.3) is 0 Å². The van der Waals surface area contributed by atoms with Gasteiger partial charge in [-0.1, -0.05) is 24.3 Å². The number of nitrogens with zero attached hydrogens (tertiary/aromatic N) is 2. The maximum absolute atomic E-state index is 12.9. The van der Waals surface area contributed by atoms with E-state index >= 15 is 0 Å². The van der Waals surface area contributed by atoms with Gasteiger partial charge in [-0.2, -0.15) is 5.10 Å². The summed E-state index contributed by atoms with van der Waals surface area (Å²) in [6.45, 7) is 6.92. The van der Waals surface area contributed by atoms with Crippen molar-refractivity contribution in [1.82, 2.24) is 15.1 Å². The minimum atomic E-state index is -0.472. The summed E-state index contributed by atoms with van der Waals surface area (Å²) in [7, 11) is 0. The number of rotatable bonds is 6. The molecule has 0 bridgehead atoms. The summed E-state index contributed by atoms with van der Waals surface area (Å²) in [5, 5.41) is 7.04. The van der Waals surface area contributed by atoms with Crippen molar-refractivity contribution in [1.29, 1.82) is 0 Å². The summed E-state index contributed by atoms with van der Waals surface area (Å²) in [4.78, 5) is 15.3. The van der Waals surface area contributed by atoms with E-state index in [1.807, 2.05) is 25.1 Å². The van der Waals surface area contributed by atoms with Crippen LogP contribution in [-0.4, -0.2) is 40.8 Å². The number of carbonyl (C=O) groups is 1. The van der Waals surface area contributed by atoms with Crippen molar-refractivity contribution in [3.8, 4) is 0 Å². The standard InChI is InChI=1S/C20H27N3O2/c1-3-25-19(24)20(13-17-8-5-4-7-16(17)2)10-6-12-23(15-20)14-18-9-11-21-22-18/h4-5,7-9,11H,3,6,10,12-15H2,1-2H3,(H,21,22). The fraction of sp³-hybridized carbons (Fsp3) is 0.500. The van der Waals surface area contributed by atoms with Gasteiger partial charge < -0.3 is 4.74 Å². The number of aryl methyl sites for hydroxylation is 1. The summed E-state index contributed by atoms with van der Waals surface area (Å²) in [5.74, 6) is -0.0624. The molecule has 0 amide bonds. The Labute approximate surface area is 149 Å². The predicted molar refractivity (Wildman–Crippen MR) is 97.0 cm³/mol. The highest BCUT2D eigenvalue weighted by Gasteiger charge is 2.43. The van der Waals surface area contributed by atoms with Crippen molar-refractivity contribution in [3.63, 3.8) is 0 Å². The molecule has 1 atom stereocenters. The fourth-order valence-electron chi connectivity index (χ4n) is 3.82. The van der Waals surface area contributed by atoms with Crippen molar-refractivity contribution in [3.05, 3.63) is 53.3 Å². The van der Waals surface area contributed by atoms with Crippen molar-refractivity contribution in [2.75, 3.05) is 19.7 Å². The van der Waals surface area contributed by atoms with E-state index < -0.39 is 5.41 Å². The zero-order chi connectivity index (χ0) is 17.7. The Morgan fingerprint density at radius 2 is 2.20 bits per heavy atom. The van der Waals surface area contributed by atoms with E-state index in [-0.39, 0.29) is 5.97 Å². The van der Waals surface area contributed by atoms with Gasteiger partial charge in [0.05, 0.1) is 12.0 Å². The van der Waals surface area contributed by atoms with E-state index in [0.29, 0.717) is 6.61 Å². The number of carbonyl (C=O) groups excluding carboxylic acids is 1. The van der Waals surface area contributed by atoms with Crippen LogP contribution in [0.3, 0.4) is 0 Å². The number of hydrogen-bond acceptors (Lipinski definition) is 4. The predicted octanol–water partition coefficient (Wildman–Crippen LogP) is 3.11. The van der Waals surface area contributed by atoms with Crippen LogP contribution in [0.5, 0.6) is 0 Å². The highest BCUT2D eigenvalue weighted by molar-refractivity contribution is 5.78. The number of aromatic nitrogens is 2. The Morgan fingerprint density at radius 1 is 1.36 bits per heavy atom. The molecule has 1 N–H and O–H groups in total. The molecule has 1 aromatic heterocycles. The molecule has 0 spiro atoms. The molecule has 0 aliphatic carbocycles. The molecule has 1 aromatic carbocycles. The highest BCUT2D eigenvalue weighted by atomic mass is 16.5. The van der Waals surface area contributed by atoms with E-state index in [0.717, 1.165) is 44.6 Å². The van der Waals surface area contributed by atoms with Crippen LogP contribution in [0.2, 0.25) is 0 Å². The van der Waals surface area contributed by atoms with Gasteiger partial charge in [-0.05, 0) is 56.8 Å². The van der Waals surface area contributed by atoms with E-state index in [2.05, 4.69) is 34.2 Å². The second kappa shape index (κ2) is 7.83. The third kappa shape index (κ3) is 4.10. The van der Waals surface area contributed by atoms with Crippen LogP contribution in [0.25, 0.3) is 0 Å². The number of esters is 1. The Hall–Kier alpha value is -2.14. The van der Waals surface area contributed by atoms with E-state index in [1.165, 1.54) is 11.1 Å². The van der Waals surface area contributed by atoms with Gasteiger partial charge in [-0.3, -0.25) is 14.8 Å². The Balaban J connectivity index is 1.83. The molecule has 5 nitrogen and oxygen atoms in total. The van der Waals surface area contributed by atoms with E-state index in [4.69, 9.17) is 4.74 Å². The number of aromatic amines is 1. The molecule has 1 aliphatic heterocycles. The van der Waals surface area contributed by atoms with Crippen LogP contribution in [0, 0.1) is 12.3 Å². The lowest BCUT2D eigenvalue weighted by molar-refractivity contribution is -0.159. The van der Waals surface area contributed by atoms with Crippen molar-refractivity contribution in [2.24, 2.45) is 5.41 Å². The average molecular weight is 341 g/mol. The summed E-state index contributed by atoms with van der Waals surface area (Å²) >= 11 is 0. The summed E-state index contributed by atoms with van der Waals surface area (Å²) < 4.78 is 5.49. The molecule has 134 valence electrons. The number of hydrogen-bond donors (Lipinski definition) is 1. The van der Waals surface area contributed by atoms with Gasteiger partial charge in [0.2, 0.25) is 0 Å². The molecule has 1 saturated heterocycles. The molecule has 3 rings (SSSR count). The highest BCUT2D eigenvalue weighted by Crippen LogP contribution is 2.36. The normalized spacial score (nSPS) is 21.2. The zero-order valence-electron chi connectivity index (χ0n) is 15.1. The number of ether oxygens (including phenoxy) is 1. The topological polar surface area (TPSA) is 58.2 Å². The monoisotopic (exact) mass is 341 g/mol. The van der Waals surface area contributed by atoms with Gasteiger partial charge in [0, 0.05) is 25.0 Å². The number of piperidine rings is 1. The minimum absolute atomic E-state index is 0.0624.